The first kappa shape index (κ1) is 14.3. The van der Waals surface area contributed by atoms with Gasteiger partial charge in [-0.25, -0.2) is 4.39 Å². The van der Waals surface area contributed by atoms with E-state index in [1.165, 1.54) is 30.0 Å². The van der Waals surface area contributed by atoms with E-state index in [1.54, 1.807) is 12.1 Å². The molecule has 0 amide bonds. The van der Waals surface area contributed by atoms with Crippen LogP contribution in [-0.4, -0.2) is 0 Å². The number of nitrogens with one attached hydrogen (secondary N) is 1. The van der Waals surface area contributed by atoms with Crippen LogP contribution in [0, 0.1) is 18.7 Å². The second-order valence-corrected chi connectivity index (χ2v) is 6.17. The zero-order valence-electron chi connectivity index (χ0n) is 12.6. The predicted molar refractivity (Wildman–Crippen MR) is 84.6 cm³/mol. The summed E-state index contributed by atoms with van der Waals surface area (Å²) in [6.45, 7) is 4.22. The van der Waals surface area contributed by atoms with Gasteiger partial charge in [-0.2, -0.15) is 0 Å². The van der Waals surface area contributed by atoms with Crippen LogP contribution in [0.3, 0.4) is 0 Å². The number of hydrogen-bond donors (Lipinski definition) is 1. The molecule has 1 aliphatic rings. The second kappa shape index (κ2) is 5.98. The van der Waals surface area contributed by atoms with Crippen molar-refractivity contribution in [3.8, 4) is 0 Å². The van der Waals surface area contributed by atoms with Gasteiger partial charge in [0, 0.05) is 12.1 Å². The first-order valence-corrected chi connectivity index (χ1v) is 7.71. The SMILES string of the molecule is Cc1ccc(C(N[C@H](C)c2cccc(F)c2)C2CC2)cc1. The molecule has 1 fully saturated rings. The van der Waals surface area contributed by atoms with E-state index in [0.717, 1.165) is 5.56 Å². The van der Waals surface area contributed by atoms with Gasteiger partial charge in [0.25, 0.3) is 0 Å². The van der Waals surface area contributed by atoms with E-state index in [9.17, 15) is 4.39 Å². The number of aryl methyl sites for hydroxylation is 1. The molecule has 1 saturated carbocycles. The van der Waals surface area contributed by atoms with Gasteiger partial charge in [-0.05, 0) is 55.9 Å². The summed E-state index contributed by atoms with van der Waals surface area (Å²) >= 11 is 0. The summed E-state index contributed by atoms with van der Waals surface area (Å²) in [5.41, 5.74) is 3.63. The predicted octanol–water partition coefficient (Wildman–Crippen LogP) is 4.94. The Hall–Kier alpha value is -1.67. The highest BCUT2D eigenvalue weighted by atomic mass is 19.1. The summed E-state index contributed by atoms with van der Waals surface area (Å²) in [7, 11) is 0. The zero-order valence-corrected chi connectivity index (χ0v) is 12.6. The maximum atomic E-state index is 13.4. The molecule has 3 rings (SSSR count). The van der Waals surface area contributed by atoms with Gasteiger partial charge >= 0.3 is 0 Å². The van der Waals surface area contributed by atoms with E-state index in [-0.39, 0.29) is 11.9 Å². The van der Waals surface area contributed by atoms with Crippen LogP contribution in [0.5, 0.6) is 0 Å². The maximum Gasteiger partial charge on any atom is 0.123 e. The Balaban J connectivity index is 1.77. The average Bonchev–Trinajstić information content (AvgIpc) is 3.30. The van der Waals surface area contributed by atoms with Crippen LogP contribution in [0.25, 0.3) is 0 Å². The molecule has 0 heterocycles. The van der Waals surface area contributed by atoms with Crippen LogP contribution in [0.4, 0.5) is 4.39 Å². The van der Waals surface area contributed by atoms with Crippen LogP contribution in [0.15, 0.2) is 48.5 Å². The molecule has 2 atom stereocenters. The van der Waals surface area contributed by atoms with E-state index in [4.69, 9.17) is 0 Å². The topological polar surface area (TPSA) is 12.0 Å². The molecule has 0 aromatic heterocycles. The fraction of sp³-hybridized carbons (Fsp3) is 0.368. The smallest absolute Gasteiger partial charge is 0.123 e. The highest BCUT2D eigenvalue weighted by molar-refractivity contribution is 5.27. The highest BCUT2D eigenvalue weighted by Crippen LogP contribution is 2.42. The molecule has 21 heavy (non-hydrogen) atoms. The lowest BCUT2D eigenvalue weighted by Gasteiger charge is -2.24. The monoisotopic (exact) mass is 283 g/mol. The maximum absolute atomic E-state index is 13.4. The van der Waals surface area contributed by atoms with Gasteiger partial charge in [0.15, 0.2) is 0 Å². The van der Waals surface area contributed by atoms with Crippen molar-refractivity contribution in [2.24, 2.45) is 5.92 Å². The molecule has 2 aromatic carbocycles. The van der Waals surface area contributed by atoms with Gasteiger partial charge in [0.05, 0.1) is 0 Å². The first-order chi connectivity index (χ1) is 10.1. The molecular formula is C19H22FN. The Labute approximate surface area is 126 Å². The average molecular weight is 283 g/mol. The number of rotatable bonds is 5. The van der Waals surface area contributed by atoms with Crippen molar-refractivity contribution in [3.63, 3.8) is 0 Å². The standard InChI is InChI=1S/C19H22FN/c1-13-6-8-15(9-7-13)19(16-10-11-16)21-14(2)17-4-3-5-18(20)12-17/h3-9,12,14,16,19,21H,10-11H2,1-2H3/t14-,19?/m1/s1. The van der Waals surface area contributed by atoms with E-state index in [1.807, 2.05) is 6.07 Å². The minimum Gasteiger partial charge on any atom is -0.303 e. The number of halogens is 1. The Morgan fingerprint density at radius 1 is 1.05 bits per heavy atom. The summed E-state index contributed by atoms with van der Waals surface area (Å²) in [4.78, 5) is 0. The summed E-state index contributed by atoms with van der Waals surface area (Å²) in [6, 6.07) is 16.1. The van der Waals surface area contributed by atoms with Gasteiger partial charge in [-0.15, -0.1) is 0 Å². The lowest BCUT2D eigenvalue weighted by Crippen LogP contribution is -2.26. The lowest BCUT2D eigenvalue weighted by molar-refractivity contribution is 0.426. The molecule has 0 saturated heterocycles. The normalized spacial score (nSPS) is 17.5. The quantitative estimate of drug-likeness (QED) is 0.820. The third kappa shape index (κ3) is 3.51. The van der Waals surface area contributed by atoms with Gasteiger partial charge in [-0.3, -0.25) is 0 Å². The van der Waals surface area contributed by atoms with Gasteiger partial charge < -0.3 is 5.32 Å². The second-order valence-electron chi connectivity index (χ2n) is 6.17. The third-order valence-electron chi connectivity index (χ3n) is 4.31. The van der Waals surface area contributed by atoms with Crippen molar-refractivity contribution in [1.82, 2.24) is 5.32 Å². The number of benzene rings is 2. The zero-order chi connectivity index (χ0) is 14.8. The van der Waals surface area contributed by atoms with E-state index in [0.29, 0.717) is 12.0 Å². The van der Waals surface area contributed by atoms with Crippen LogP contribution in [-0.2, 0) is 0 Å². The Bertz CT molecular complexity index is 601. The molecule has 0 aliphatic heterocycles. The van der Waals surface area contributed by atoms with Crippen LogP contribution in [0.2, 0.25) is 0 Å². The molecule has 2 heteroatoms. The molecule has 1 nitrogen and oxygen atoms in total. The summed E-state index contributed by atoms with van der Waals surface area (Å²) in [5.74, 6) is 0.545. The largest absolute Gasteiger partial charge is 0.303 e. The minimum absolute atomic E-state index is 0.146. The highest BCUT2D eigenvalue weighted by Gasteiger charge is 2.33. The van der Waals surface area contributed by atoms with E-state index in [2.05, 4.69) is 43.4 Å². The van der Waals surface area contributed by atoms with Crippen molar-refractivity contribution in [2.45, 2.75) is 38.8 Å². The number of hydrogen-bond acceptors (Lipinski definition) is 1. The third-order valence-corrected chi connectivity index (χ3v) is 4.31. The van der Waals surface area contributed by atoms with Crippen LogP contribution in [0.1, 0.15) is 48.5 Å². The summed E-state index contributed by atoms with van der Waals surface area (Å²) in [6.07, 6.45) is 2.56. The summed E-state index contributed by atoms with van der Waals surface area (Å²) in [5, 5.41) is 3.69. The molecule has 0 spiro atoms. The van der Waals surface area contributed by atoms with Crippen molar-refractivity contribution in [2.75, 3.05) is 0 Å². The molecule has 2 aromatic rings. The molecular weight excluding hydrogens is 261 g/mol. The molecule has 1 unspecified atom stereocenters. The van der Waals surface area contributed by atoms with Gasteiger partial charge in [0.1, 0.15) is 5.82 Å². The van der Waals surface area contributed by atoms with Crippen LogP contribution < -0.4 is 5.32 Å². The van der Waals surface area contributed by atoms with E-state index >= 15 is 0 Å². The van der Waals surface area contributed by atoms with Crippen molar-refractivity contribution in [1.29, 1.82) is 0 Å². The van der Waals surface area contributed by atoms with Crippen molar-refractivity contribution >= 4 is 0 Å². The molecule has 0 radical (unpaired) electrons. The molecule has 1 N–H and O–H groups in total. The molecule has 1 aliphatic carbocycles. The molecule has 110 valence electrons. The minimum atomic E-state index is -0.167. The lowest BCUT2D eigenvalue weighted by atomic mass is 9.98. The first-order valence-electron chi connectivity index (χ1n) is 7.71. The van der Waals surface area contributed by atoms with Crippen LogP contribution >= 0.6 is 0 Å². The van der Waals surface area contributed by atoms with Gasteiger partial charge in [0.2, 0.25) is 0 Å². The summed E-state index contributed by atoms with van der Waals surface area (Å²) < 4.78 is 13.4. The Kier molecular flexibility index (Phi) is 4.07. The van der Waals surface area contributed by atoms with Gasteiger partial charge in [-0.1, -0.05) is 42.0 Å². The Morgan fingerprint density at radius 2 is 1.76 bits per heavy atom. The van der Waals surface area contributed by atoms with Crippen molar-refractivity contribution < 1.29 is 4.39 Å². The Morgan fingerprint density at radius 3 is 2.38 bits per heavy atom. The molecule has 0 bridgehead atoms. The van der Waals surface area contributed by atoms with Crippen molar-refractivity contribution in [3.05, 3.63) is 71.0 Å². The fourth-order valence-corrected chi connectivity index (χ4v) is 2.85. The fourth-order valence-electron chi connectivity index (χ4n) is 2.85. The van der Waals surface area contributed by atoms with E-state index < -0.39 is 0 Å².